The summed E-state index contributed by atoms with van der Waals surface area (Å²) < 4.78 is 2.10. The van der Waals surface area contributed by atoms with Gasteiger partial charge in [0.15, 0.2) is 0 Å². The molecule has 2 aromatic rings. The van der Waals surface area contributed by atoms with Crippen LogP contribution in [0.15, 0.2) is 30.7 Å². The van der Waals surface area contributed by atoms with E-state index in [0.29, 0.717) is 0 Å². The van der Waals surface area contributed by atoms with Gasteiger partial charge in [0, 0.05) is 51.3 Å². The summed E-state index contributed by atoms with van der Waals surface area (Å²) in [5.41, 5.74) is 2.41. The van der Waals surface area contributed by atoms with Gasteiger partial charge in [-0.2, -0.15) is 0 Å². The number of hydrogen-bond donors (Lipinski definition) is 0. The van der Waals surface area contributed by atoms with Crippen LogP contribution in [0.25, 0.3) is 5.65 Å². The number of rotatable bonds is 3. The van der Waals surface area contributed by atoms with Crippen LogP contribution in [0.5, 0.6) is 0 Å². The van der Waals surface area contributed by atoms with Crippen LogP contribution in [0.3, 0.4) is 0 Å². The molecule has 4 nitrogen and oxygen atoms in total. The van der Waals surface area contributed by atoms with E-state index >= 15 is 0 Å². The molecule has 4 heteroatoms. The zero-order valence-electron chi connectivity index (χ0n) is 10.9. The Kier molecular flexibility index (Phi) is 3.30. The molecule has 3 heterocycles. The first-order valence-electron chi connectivity index (χ1n) is 6.64. The van der Waals surface area contributed by atoms with Crippen molar-refractivity contribution in [3.8, 4) is 0 Å². The number of likely N-dealkylation sites (N-methyl/N-ethyl adjacent to an activating group) is 1. The van der Waals surface area contributed by atoms with Crippen LogP contribution in [-0.2, 0) is 6.42 Å². The summed E-state index contributed by atoms with van der Waals surface area (Å²) in [6, 6.07) is 4.29. The van der Waals surface area contributed by atoms with Crippen LogP contribution >= 0.6 is 0 Å². The van der Waals surface area contributed by atoms with Crippen LogP contribution < -0.4 is 0 Å². The Morgan fingerprint density at radius 3 is 2.83 bits per heavy atom. The lowest BCUT2D eigenvalue weighted by molar-refractivity contribution is 0.155. The van der Waals surface area contributed by atoms with Crippen LogP contribution in [0.1, 0.15) is 5.56 Å². The maximum atomic E-state index is 4.27. The Morgan fingerprint density at radius 1 is 1.17 bits per heavy atom. The number of piperazine rings is 1. The average Bonchev–Trinajstić information content (AvgIpc) is 2.85. The maximum absolute atomic E-state index is 4.27. The molecular formula is C14H20N4. The van der Waals surface area contributed by atoms with Gasteiger partial charge in [0.25, 0.3) is 0 Å². The van der Waals surface area contributed by atoms with Crippen molar-refractivity contribution in [3.63, 3.8) is 0 Å². The van der Waals surface area contributed by atoms with Crippen LogP contribution in [0.4, 0.5) is 0 Å². The third-order valence-electron chi connectivity index (χ3n) is 3.76. The van der Waals surface area contributed by atoms with Crippen molar-refractivity contribution in [1.29, 1.82) is 0 Å². The van der Waals surface area contributed by atoms with Gasteiger partial charge in [0.05, 0.1) is 0 Å². The number of aromatic nitrogens is 2. The summed E-state index contributed by atoms with van der Waals surface area (Å²) in [5, 5.41) is 0. The van der Waals surface area contributed by atoms with Crippen LogP contribution in [-0.4, -0.2) is 59.0 Å². The van der Waals surface area contributed by atoms with E-state index in [1.165, 1.54) is 31.7 Å². The van der Waals surface area contributed by atoms with Crippen molar-refractivity contribution in [2.45, 2.75) is 6.42 Å². The lowest BCUT2D eigenvalue weighted by Gasteiger charge is -2.32. The van der Waals surface area contributed by atoms with E-state index in [1.54, 1.807) is 0 Å². The predicted molar refractivity (Wildman–Crippen MR) is 72.8 cm³/mol. The number of nitrogens with zero attached hydrogens (tertiary/aromatic N) is 4. The third kappa shape index (κ3) is 2.54. The molecule has 0 aliphatic carbocycles. The fourth-order valence-electron chi connectivity index (χ4n) is 2.47. The normalized spacial score (nSPS) is 18.5. The second-order valence-electron chi connectivity index (χ2n) is 5.12. The number of hydrogen-bond acceptors (Lipinski definition) is 3. The molecule has 0 atom stereocenters. The number of pyridine rings is 1. The van der Waals surface area contributed by atoms with Gasteiger partial charge in [-0.3, -0.25) is 0 Å². The fourth-order valence-corrected chi connectivity index (χ4v) is 2.47. The lowest BCUT2D eigenvalue weighted by atomic mass is 10.2. The van der Waals surface area contributed by atoms with Gasteiger partial charge < -0.3 is 14.2 Å². The van der Waals surface area contributed by atoms with E-state index in [4.69, 9.17) is 0 Å². The second kappa shape index (κ2) is 5.08. The van der Waals surface area contributed by atoms with Crippen molar-refractivity contribution in [2.24, 2.45) is 0 Å². The van der Waals surface area contributed by atoms with Gasteiger partial charge in [0.1, 0.15) is 5.65 Å². The largest absolute Gasteiger partial charge is 0.307 e. The Hall–Kier alpha value is -1.39. The minimum absolute atomic E-state index is 1.03. The Balaban J connectivity index is 1.59. The van der Waals surface area contributed by atoms with Crippen molar-refractivity contribution in [3.05, 3.63) is 36.3 Å². The Labute approximate surface area is 108 Å². The van der Waals surface area contributed by atoms with Gasteiger partial charge in [-0.15, -0.1) is 0 Å². The summed E-state index contributed by atoms with van der Waals surface area (Å²) in [6.45, 7) is 5.95. The standard InChI is InChI=1S/C14H20N4/c1-16-8-10-17(11-9-16)6-4-13-2-3-14-15-5-7-18(14)12-13/h2-3,5,7,12H,4,6,8-11H2,1H3. The molecule has 0 aromatic carbocycles. The fraction of sp³-hybridized carbons (Fsp3) is 0.500. The van der Waals surface area contributed by atoms with E-state index in [1.807, 2.05) is 12.4 Å². The third-order valence-corrected chi connectivity index (χ3v) is 3.76. The van der Waals surface area contributed by atoms with Gasteiger partial charge in [-0.05, 0) is 25.1 Å². The maximum Gasteiger partial charge on any atom is 0.136 e. The molecule has 0 radical (unpaired) electrons. The average molecular weight is 244 g/mol. The molecule has 0 spiro atoms. The van der Waals surface area contributed by atoms with Crippen LogP contribution in [0.2, 0.25) is 0 Å². The molecular weight excluding hydrogens is 224 g/mol. The van der Waals surface area contributed by atoms with Crippen molar-refractivity contribution >= 4 is 5.65 Å². The predicted octanol–water partition coefficient (Wildman–Crippen LogP) is 1.12. The molecule has 1 aliphatic heterocycles. The molecule has 0 amide bonds. The molecule has 96 valence electrons. The Morgan fingerprint density at radius 2 is 2.00 bits per heavy atom. The highest BCUT2D eigenvalue weighted by molar-refractivity contribution is 5.39. The smallest absolute Gasteiger partial charge is 0.136 e. The van der Waals surface area contributed by atoms with E-state index in [9.17, 15) is 0 Å². The SMILES string of the molecule is CN1CCN(CCc2ccc3nccn3c2)CC1. The van der Waals surface area contributed by atoms with Gasteiger partial charge in [-0.25, -0.2) is 4.98 Å². The molecule has 1 fully saturated rings. The summed E-state index contributed by atoms with van der Waals surface area (Å²) in [5.74, 6) is 0. The number of fused-ring (bicyclic) bond motifs is 1. The highest BCUT2D eigenvalue weighted by atomic mass is 15.2. The van der Waals surface area contributed by atoms with E-state index in [2.05, 4.69) is 44.6 Å². The van der Waals surface area contributed by atoms with Crippen molar-refractivity contribution in [1.82, 2.24) is 19.2 Å². The molecule has 3 rings (SSSR count). The monoisotopic (exact) mass is 244 g/mol. The first-order valence-corrected chi connectivity index (χ1v) is 6.64. The summed E-state index contributed by atoms with van der Waals surface area (Å²) in [4.78, 5) is 9.22. The summed E-state index contributed by atoms with van der Waals surface area (Å²) >= 11 is 0. The summed E-state index contributed by atoms with van der Waals surface area (Å²) in [7, 11) is 2.20. The molecule has 0 bridgehead atoms. The second-order valence-corrected chi connectivity index (χ2v) is 5.12. The highest BCUT2D eigenvalue weighted by Gasteiger charge is 2.13. The molecule has 0 unspecified atom stereocenters. The molecule has 18 heavy (non-hydrogen) atoms. The summed E-state index contributed by atoms with van der Waals surface area (Å²) in [6.07, 6.45) is 7.17. The topological polar surface area (TPSA) is 23.8 Å². The van der Waals surface area contributed by atoms with E-state index in [-0.39, 0.29) is 0 Å². The lowest BCUT2D eigenvalue weighted by Crippen LogP contribution is -2.45. The van der Waals surface area contributed by atoms with Gasteiger partial charge >= 0.3 is 0 Å². The van der Waals surface area contributed by atoms with Gasteiger partial charge in [-0.1, -0.05) is 6.07 Å². The van der Waals surface area contributed by atoms with Crippen LogP contribution in [0, 0.1) is 0 Å². The Bertz CT molecular complexity index is 511. The molecule has 0 N–H and O–H groups in total. The quantitative estimate of drug-likeness (QED) is 0.808. The molecule has 1 aliphatic rings. The van der Waals surface area contributed by atoms with E-state index < -0.39 is 0 Å². The van der Waals surface area contributed by atoms with Gasteiger partial charge in [0.2, 0.25) is 0 Å². The molecule has 1 saturated heterocycles. The van der Waals surface area contributed by atoms with Crippen molar-refractivity contribution < 1.29 is 0 Å². The van der Waals surface area contributed by atoms with Crippen molar-refractivity contribution in [2.75, 3.05) is 39.8 Å². The minimum atomic E-state index is 1.03. The first-order chi connectivity index (χ1) is 8.81. The number of imidazole rings is 1. The molecule has 0 saturated carbocycles. The zero-order chi connectivity index (χ0) is 12.4. The first kappa shape index (κ1) is 11.7. The molecule has 2 aromatic heterocycles. The minimum Gasteiger partial charge on any atom is -0.307 e. The highest BCUT2D eigenvalue weighted by Crippen LogP contribution is 2.07. The van der Waals surface area contributed by atoms with E-state index in [0.717, 1.165) is 18.6 Å². The zero-order valence-corrected chi connectivity index (χ0v) is 10.9.